The molecular formula is C31H39FN6O9. The van der Waals surface area contributed by atoms with Crippen molar-refractivity contribution in [2.45, 2.75) is 51.6 Å². The lowest BCUT2D eigenvalue weighted by Crippen LogP contribution is -2.56. The van der Waals surface area contributed by atoms with Crippen molar-refractivity contribution in [1.29, 1.82) is 0 Å². The Balaban J connectivity index is 1.50. The first kappa shape index (κ1) is 34.8. The number of hydrogen-bond acceptors (Lipinski definition) is 9. The lowest BCUT2D eigenvalue weighted by molar-refractivity contribution is -0.143. The Labute approximate surface area is 270 Å². The van der Waals surface area contributed by atoms with Crippen LogP contribution < -0.4 is 15.4 Å². The van der Waals surface area contributed by atoms with Crippen LogP contribution in [0.2, 0.25) is 0 Å². The summed E-state index contributed by atoms with van der Waals surface area (Å²) in [6.07, 6.45) is 0.614. The summed E-state index contributed by atoms with van der Waals surface area (Å²) >= 11 is 0. The second-order valence-electron chi connectivity index (χ2n) is 11.1. The molecule has 2 aliphatic rings. The van der Waals surface area contributed by atoms with E-state index in [-0.39, 0.29) is 61.0 Å². The fourth-order valence-electron chi connectivity index (χ4n) is 5.52. The summed E-state index contributed by atoms with van der Waals surface area (Å²) in [6, 6.07) is 2.96. The van der Waals surface area contributed by atoms with E-state index in [1.807, 2.05) is 6.92 Å². The molecular weight excluding hydrogens is 619 g/mol. The predicted molar refractivity (Wildman–Crippen MR) is 164 cm³/mol. The van der Waals surface area contributed by atoms with E-state index in [2.05, 4.69) is 15.6 Å². The number of piperazine rings is 1. The molecule has 4 rings (SSSR count). The quantitative estimate of drug-likeness (QED) is 0.299. The fraction of sp³-hybridized carbons (Fsp3) is 0.516. The molecule has 2 unspecified atom stereocenters. The van der Waals surface area contributed by atoms with Crippen molar-refractivity contribution in [3.8, 4) is 5.75 Å². The van der Waals surface area contributed by atoms with Gasteiger partial charge in [0.15, 0.2) is 6.61 Å². The normalized spacial score (nSPS) is 16.8. The zero-order chi connectivity index (χ0) is 34.1. The smallest absolute Gasteiger partial charge is 0.409 e. The predicted octanol–water partition coefficient (Wildman–Crippen LogP) is 1.14. The van der Waals surface area contributed by atoms with Crippen LogP contribution in [0.3, 0.4) is 0 Å². The molecule has 254 valence electrons. The molecule has 2 aromatic rings. The number of carbonyl (C=O) groups excluding carboxylic acids is 5. The summed E-state index contributed by atoms with van der Waals surface area (Å²) in [7, 11) is 0. The van der Waals surface area contributed by atoms with Crippen molar-refractivity contribution in [2.24, 2.45) is 0 Å². The third kappa shape index (κ3) is 8.62. The first-order valence-electron chi connectivity index (χ1n) is 15.6. The van der Waals surface area contributed by atoms with Gasteiger partial charge in [-0.2, -0.15) is 0 Å². The van der Waals surface area contributed by atoms with Gasteiger partial charge >= 0.3 is 12.1 Å². The standard InChI is InChI=1S/C31H39FN6O9/c1-3-10-33-29(43)23-9-6-11-38(23)25(39)18-47-24-16-21(34-20-8-5-7-19(32)27(20)24)28(42)35-22(17-26(40)41)30(44)36-12-14-37(15-13-36)31(45)46-4-2/h5,7-8,16,22-23H,3-4,6,9-15,17-18H2,1-2H3,(H,33,43)(H,35,42)(H,40,41). The van der Waals surface area contributed by atoms with Gasteiger partial charge in [-0.25, -0.2) is 14.2 Å². The Hall–Kier alpha value is -5.02. The molecule has 0 radical (unpaired) electrons. The van der Waals surface area contributed by atoms with E-state index in [0.29, 0.717) is 25.9 Å². The molecule has 15 nitrogen and oxygen atoms in total. The minimum absolute atomic E-state index is 0.0225. The van der Waals surface area contributed by atoms with E-state index >= 15 is 0 Å². The van der Waals surface area contributed by atoms with Gasteiger partial charge in [-0.3, -0.25) is 24.0 Å². The molecule has 16 heteroatoms. The number of amides is 5. The maximum atomic E-state index is 15.0. The number of likely N-dealkylation sites (tertiary alicyclic amines) is 1. The van der Waals surface area contributed by atoms with Gasteiger partial charge in [-0.15, -0.1) is 0 Å². The third-order valence-corrected chi connectivity index (χ3v) is 7.86. The van der Waals surface area contributed by atoms with E-state index in [1.165, 1.54) is 26.8 Å². The maximum absolute atomic E-state index is 15.0. The highest BCUT2D eigenvalue weighted by Crippen LogP contribution is 2.29. The Morgan fingerprint density at radius 2 is 1.79 bits per heavy atom. The van der Waals surface area contributed by atoms with Crippen LogP contribution in [-0.2, 0) is 23.9 Å². The topological polar surface area (TPSA) is 188 Å². The van der Waals surface area contributed by atoms with Crippen LogP contribution in [0, 0.1) is 5.82 Å². The highest BCUT2D eigenvalue weighted by molar-refractivity contribution is 6.00. The van der Waals surface area contributed by atoms with Crippen LogP contribution >= 0.6 is 0 Å². The third-order valence-electron chi connectivity index (χ3n) is 7.86. The second-order valence-corrected chi connectivity index (χ2v) is 11.1. The van der Waals surface area contributed by atoms with Gasteiger partial charge in [0.1, 0.15) is 29.3 Å². The fourth-order valence-corrected chi connectivity index (χ4v) is 5.52. The van der Waals surface area contributed by atoms with Crippen LogP contribution in [0.1, 0.15) is 50.0 Å². The van der Waals surface area contributed by atoms with Crippen LogP contribution in [-0.4, -0.2) is 125 Å². The molecule has 2 aliphatic heterocycles. The molecule has 2 fully saturated rings. The minimum Gasteiger partial charge on any atom is -0.483 e. The van der Waals surface area contributed by atoms with E-state index < -0.39 is 60.7 Å². The van der Waals surface area contributed by atoms with Gasteiger partial charge in [0.2, 0.25) is 11.8 Å². The summed E-state index contributed by atoms with van der Waals surface area (Å²) in [6.45, 7) is 4.58. The van der Waals surface area contributed by atoms with Crippen LogP contribution in [0.15, 0.2) is 24.3 Å². The lowest BCUT2D eigenvalue weighted by atomic mass is 10.1. The minimum atomic E-state index is -1.48. The number of halogens is 1. The summed E-state index contributed by atoms with van der Waals surface area (Å²) in [5.74, 6) is -4.58. The van der Waals surface area contributed by atoms with Crippen LogP contribution in [0.4, 0.5) is 9.18 Å². The average Bonchev–Trinajstić information content (AvgIpc) is 3.56. The number of carboxylic acid groups (broad SMARTS) is 1. The second kappa shape index (κ2) is 16.0. The molecule has 0 bridgehead atoms. The average molecular weight is 659 g/mol. The largest absolute Gasteiger partial charge is 0.483 e. The molecule has 47 heavy (non-hydrogen) atoms. The van der Waals surface area contributed by atoms with Gasteiger partial charge in [0, 0.05) is 45.3 Å². The van der Waals surface area contributed by atoms with E-state index in [0.717, 1.165) is 18.6 Å². The molecule has 2 atom stereocenters. The van der Waals surface area contributed by atoms with E-state index in [9.17, 15) is 38.3 Å². The molecule has 1 aromatic heterocycles. The van der Waals surface area contributed by atoms with E-state index in [4.69, 9.17) is 9.47 Å². The molecule has 0 aliphatic carbocycles. The van der Waals surface area contributed by atoms with Crippen molar-refractivity contribution < 1.29 is 47.7 Å². The number of aromatic nitrogens is 1. The SMILES string of the molecule is CCCNC(=O)C1CCCN1C(=O)COc1cc(C(=O)NC(CC(=O)O)C(=O)N2CCN(C(=O)OCC)CC2)nc2cccc(F)c12. The number of nitrogens with zero attached hydrogens (tertiary/aromatic N) is 4. The first-order chi connectivity index (χ1) is 22.5. The summed E-state index contributed by atoms with van der Waals surface area (Å²) < 4.78 is 25.7. The summed E-state index contributed by atoms with van der Waals surface area (Å²) in [4.78, 5) is 84.4. The van der Waals surface area contributed by atoms with Crippen molar-refractivity contribution >= 4 is 46.6 Å². The van der Waals surface area contributed by atoms with Gasteiger partial charge in [0.25, 0.3) is 11.8 Å². The van der Waals surface area contributed by atoms with Crippen molar-refractivity contribution in [3.63, 3.8) is 0 Å². The molecule has 2 saturated heterocycles. The molecule has 0 saturated carbocycles. The first-order valence-corrected chi connectivity index (χ1v) is 15.6. The zero-order valence-electron chi connectivity index (χ0n) is 26.3. The number of pyridine rings is 1. The number of fused-ring (bicyclic) bond motifs is 1. The van der Waals surface area contributed by atoms with Crippen LogP contribution in [0.5, 0.6) is 5.75 Å². The highest BCUT2D eigenvalue weighted by Gasteiger charge is 2.35. The molecule has 5 amide bonds. The Kier molecular flexibility index (Phi) is 11.9. The number of carboxylic acids is 1. The van der Waals surface area contributed by atoms with Crippen molar-refractivity contribution in [2.75, 3.05) is 52.5 Å². The number of aliphatic carboxylic acids is 1. The molecule has 3 N–H and O–H groups in total. The monoisotopic (exact) mass is 658 g/mol. The summed E-state index contributed by atoms with van der Waals surface area (Å²) in [5, 5.41) is 14.6. The molecule has 3 heterocycles. The van der Waals surface area contributed by atoms with Gasteiger partial charge in [0.05, 0.1) is 23.9 Å². The van der Waals surface area contributed by atoms with Crippen molar-refractivity contribution in [1.82, 2.24) is 30.3 Å². The summed E-state index contributed by atoms with van der Waals surface area (Å²) in [5.41, 5.74) is -0.284. The Morgan fingerprint density at radius 3 is 2.47 bits per heavy atom. The number of carbonyl (C=O) groups is 6. The number of nitrogens with one attached hydrogen (secondary N) is 2. The van der Waals surface area contributed by atoms with Gasteiger partial charge in [-0.05, 0) is 38.3 Å². The van der Waals surface area contributed by atoms with E-state index in [1.54, 1.807) is 6.92 Å². The number of rotatable bonds is 12. The highest BCUT2D eigenvalue weighted by atomic mass is 19.1. The van der Waals surface area contributed by atoms with Crippen LogP contribution in [0.25, 0.3) is 10.9 Å². The van der Waals surface area contributed by atoms with Gasteiger partial charge < -0.3 is 39.9 Å². The zero-order valence-corrected chi connectivity index (χ0v) is 26.3. The Morgan fingerprint density at radius 1 is 1.06 bits per heavy atom. The van der Waals surface area contributed by atoms with Crippen molar-refractivity contribution in [3.05, 3.63) is 35.8 Å². The lowest BCUT2D eigenvalue weighted by Gasteiger charge is -2.35. The van der Waals surface area contributed by atoms with Gasteiger partial charge in [-0.1, -0.05) is 13.0 Å². The number of hydrogen-bond donors (Lipinski definition) is 3. The Bertz CT molecular complexity index is 1510. The maximum Gasteiger partial charge on any atom is 0.409 e. The molecule has 0 spiro atoms. The number of ether oxygens (including phenoxy) is 2. The molecule has 1 aromatic carbocycles. The number of benzene rings is 1.